The maximum Gasteiger partial charge on any atom is 0.0540 e. The first-order chi connectivity index (χ1) is 21.7. The highest BCUT2D eigenvalue weighted by Crippen LogP contribution is 2.61. The van der Waals surface area contributed by atoms with Gasteiger partial charge in [-0.2, -0.15) is 0 Å². The van der Waals surface area contributed by atoms with Crippen LogP contribution in [0.25, 0.3) is 16.3 Å². The Balaban J connectivity index is 1.28. The monoisotopic (exact) mass is 571 g/mol. The van der Waals surface area contributed by atoms with E-state index in [-0.39, 0.29) is 5.41 Å². The topological polar surface area (TPSA) is 3.24 Å². The minimum absolute atomic E-state index is 0.169. The lowest BCUT2D eigenvalue weighted by atomic mass is 9.63. The van der Waals surface area contributed by atoms with Crippen molar-refractivity contribution < 1.29 is 0 Å². The molecule has 1 spiro atoms. The van der Waals surface area contributed by atoms with E-state index in [0.717, 1.165) is 18.3 Å². The van der Waals surface area contributed by atoms with Crippen LogP contribution in [0, 0.1) is 23.2 Å². The smallest absolute Gasteiger partial charge is 0.0540 e. The van der Waals surface area contributed by atoms with Crippen molar-refractivity contribution in [2.45, 2.75) is 45.4 Å². The lowest BCUT2D eigenvalue weighted by Gasteiger charge is -2.41. The summed E-state index contributed by atoms with van der Waals surface area (Å²) in [6.07, 6.45) is 24.9. The molecule has 2 fully saturated rings. The molecule has 44 heavy (non-hydrogen) atoms. The summed E-state index contributed by atoms with van der Waals surface area (Å²) in [4.78, 5) is 2.40. The molecule has 1 nitrogen and oxygen atoms in total. The Morgan fingerprint density at radius 2 is 1.45 bits per heavy atom. The maximum atomic E-state index is 2.63. The van der Waals surface area contributed by atoms with Crippen molar-refractivity contribution in [1.29, 1.82) is 0 Å². The van der Waals surface area contributed by atoms with E-state index in [1.165, 1.54) is 76.6 Å². The first kappa shape index (κ1) is 27.2. The van der Waals surface area contributed by atoms with E-state index >= 15 is 0 Å². The van der Waals surface area contributed by atoms with E-state index in [9.17, 15) is 0 Å². The van der Waals surface area contributed by atoms with Gasteiger partial charge in [-0.15, -0.1) is 0 Å². The summed E-state index contributed by atoms with van der Waals surface area (Å²) in [6.45, 7) is 2.35. The van der Waals surface area contributed by atoms with Gasteiger partial charge in [-0.3, -0.25) is 0 Å². The van der Waals surface area contributed by atoms with Crippen molar-refractivity contribution in [3.8, 4) is 0 Å². The van der Waals surface area contributed by atoms with Gasteiger partial charge in [-0.25, -0.2) is 0 Å². The van der Waals surface area contributed by atoms with Crippen LogP contribution >= 0.6 is 0 Å². The standard InChI is InChI=1S/C43H41N/c1-31-14-5-4-12-27-43(30-32-15-13-16-34(43)28-32)41-29-33(23-24-37(31)41)38-25-26-42(40-22-11-10-21-39(38)40)44(35-17-6-2-7-18-35)36-19-8-3-9-20-36/h2-12,14,17-23,25-27,29,32,34,37H,13,15-16,24,28,30H2,1H3/b5-4-,27-12+,31-14+. The summed E-state index contributed by atoms with van der Waals surface area (Å²) in [5, 5.41) is 2.59. The van der Waals surface area contributed by atoms with Gasteiger partial charge in [-0.1, -0.05) is 133 Å². The second-order valence-corrected chi connectivity index (χ2v) is 13.4. The third kappa shape index (κ3) is 4.61. The van der Waals surface area contributed by atoms with E-state index in [1.807, 2.05) is 0 Å². The second kappa shape index (κ2) is 11.3. The van der Waals surface area contributed by atoms with Gasteiger partial charge in [0.05, 0.1) is 5.69 Å². The number of hydrogen-bond donors (Lipinski definition) is 0. The van der Waals surface area contributed by atoms with Crippen LogP contribution in [0.2, 0.25) is 0 Å². The molecular weight excluding hydrogens is 530 g/mol. The third-order valence-electron chi connectivity index (χ3n) is 10.9. The van der Waals surface area contributed by atoms with Gasteiger partial charge in [-0.05, 0) is 91.3 Å². The minimum atomic E-state index is 0.169. The lowest BCUT2D eigenvalue weighted by molar-refractivity contribution is 0.280. The fraction of sp³-hybridized carbons (Fsp3) is 0.256. The number of anilines is 3. The SMILES string of the molecule is C\C1=C/C=C\C=C\C2(CC3CCCC2C3)C2=CC(c3ccc(N(c4ccccc4)c4ccccc4)c4ccccc34)=CCC21. The third-order valence-corrected chi connectivity index (χ3v) is 10.9. The zero-order valence-corrected chi connectivity index (χ0v) is 25.7. The number of hydrogen-bond acceptors (Lipinski definition) is 1. The van der Waals surface area contributed by atoms with Crippen molar-refractivity contribution >= 4 is 33.4 Å². The molecule has 0 N–H and O–H groups in total. The molecular formula is C43H41N. The van der Waals surface area contributed by atoms with Crippen molar-refractivity contribution in [3.05, 3.63) is 156 Å². The van der Waals surface area contributed by atoms with Gasteiger partial charge in [0.15, 0.2) is 0 Å². The van der Waals surface area contributed by atoms with Crippen LogP contribution in [0.1, 0.15) is 51.0 Å². The van der Waals surface area contributed by atoms with Crippen molar-refractivity contribution in [1.82, 2.24) is 0 Å². The molecule has 4 aliphatic rings. The number of nitrogens with zero attached hydrogens (tertiary/aromatic N) is 1. The molecule has 4 aromatic carbocycles. The molecule has 4 unspecified atom stereocenters. The summed E-state index contributed by atoms with van der Waals surface area (Å²) < 4.78 is 0. The Morgan fingerprint density at radius 1 is 0.727 bits per heavy atom. The highest BCUT2D eigenvalue weighted by atomic mass is 15.1. The Kier molecular flexibility index (Phi) is 6.98. The molecule has 4 atom stereocenters. The van der Waals surface area contributed by atoms with E-state index in [2.05, 4.69) is 151 Å². The highest BCUT2D eigenvalue weighted by Gasteiger charge is 2.51. The molecule has 0 aromatic heterocycles. The number of allylic oxidation sites excluding steroid dienone is 10. The molecule has 8 rings (SSSR count). The number of fused-ring (bicyclic) bond motifs is 6. The fourth-order valence-electron chi connectivity index (χ4n) is 8.95. The number of para-hydroxylation sites is 2. The van der Waals surface area contributed by atoms with Crippen LogP contribution < -0.4 is 4.90 Å². The molecule has 0 saturated heterocycles. The number of benzene rings is 4. The molecule has 4 aliphatic carbocycles. The Hall–Kier alpha value is -4.36. The molecule has 1 heteroatoms. The van der Waals surface area contributed by atoms with E-state index in [0.29, 0.717) is 5.92 Å². The van der Waals surface area contributed by atoms with Crippen LogP contribution in [0.4, 0.5) is 17.1 Å². The molecule has 0 aliphatic heterocycles. The van der Waals surface area contributed by atoms with Gasteiger partial charge in [0.1, 0.15) is 0 Å². The fourth-order valence-corrected chi connectivity index (χ4v) is 8.95. The molecule has 0 radical (unpaired) electrons. The normalized spacial score (nSPS) is 28.5. The predicted octanol–water partition coefficient (Wildman–Crippen LogP) is 11.9. The van der Waals surface area contributed by atoms with Crippen molar-refractivity contribution in [2.75, 3.05) is 4.90 Å². The van der Waals surface area contributed by atoms with E-state index < -0.39 is 0 Å². The summed E-state index contributed by atoms with van der Waals surface area (Å²) in [5.41, 5.74) is 9.61. The van der Waals surface area contributed by atoms with E-state index in [4.69, 9.17) is 0 Å². The quantitative estimate of drug-likeness (QED) is 0.235. The summed E-state index contributed by atoms with van der Waals surface area (Å²) >= 11 is 0. The Labute approximate surface area is 262 Å². The average molecular weight is 572 g/mol. The molecule has 218 valence electrons. The molecule has 2 bridgehead atoms. The second-order valence-electron chi connectivity index (χ2n) is 13.4. The van der Waals surface area contributed by atoms with Gasteiger partial charge in [0.2, 0.25) is 0 Å². The molecule has 0 amide bonds. The summed E-state index contributed by atoms with van der Waals surface area (Å²) in [5.74, 6) is 2.10. The summed E-state index contributed by atoms with van der Waals surface area (Å²) in [7, 11) is 0. The number of rotatable bonds is 4. The first-order valence-corrected chi connectivity index (χ1v) is 16.6. The van der Waals surface area contributed by atoms with Crippen LogP contribution in [-0.4, -0.2) is 0 Å². The van der Waals surface area contributed by atoms with Gasteiger partial charge < -0.3 is 4.90 Å². The Morgan fingerprint density at radius 3 is 2.20 bits per heavy atom. The van der Waals surface area contributed by atoms with Crippen molar-refractivity contribution in [2.24, 2.45) is 23.2 Å². The van der Waals surface area contributed by atoms with Crippen molar-refractivity contribution in [3.63, 3.8) is 0 Å². The summed E-state index contributed by atoms with van der Waals surface area (Å²) in [6, 6.07) is 35.3. The lowest BCUT2D eigenvalue weighted by Crippen LogP contribution is -2.31. The van der Waals surface area contributed by atoms with Crippen LogP contribution in [-0.2, 0) is 0 Å². The van der Waals surface area contributed by atoms with Crippen LogP contribution in [0.3, 0.4) is 0 Å². The zero-order valence-electron chi connectivity index (χ0n) is 25.7. The Bertz CT molecular complexity index is 1800. The largest absolute Gasteiger partial charge is 0.310 e. The molecule has 0 heterocycles. The van der Waals surface area contributed by atoms with Gasteiger partial charge in [0.25, 0.3) is 0 Å². The molecule has 4 aromatic rings. The zero-order chi connectivity index (χ0) is 29.5. The predicted molar refractivity (Wildman–Crippen MR) is 187 cm³/mol. The van der Waals surface area contributed by atoms with Crippen LogP contribution in [0.15, 0.2) is 151 Å². The molecule has 2 saturated carbocycles. The van der Waals surface area contributed by atoms with Crippen LogP contribution in [0.5, 0.6) is 0 Å². The maximum absolute atomic E-state index is 2.63. The van der Waals surface area contributed by atoms with E-state index in [1.54, 1.807) is 5.57 Å². The highest BCUT2D eigenvalue weighted by molar-refractivity contribution is 6.05. The van der Waals surface area contributed by atoms with Gasteiger partial charge >= 0.3 is 0 Å². The average Bonchev–Trinajstić information content (AvgIpc) is 3.36. The van der Waals surface area contributed by atoms with Gasteiger partial charge in [0, 0.05) is 28.1 Å². The minimum Gasteiger partial charge on any atom is -0.310 e. The first-order valence-electron chi connectivity index (χ1n) is 16.6.